The lowest BCUT2D eigenvalue weighted by molar-refractivity contribution is 0.0784. The number of carbonyl (C=O) groups excluding carboxylic acids is 1. The van der Waals surface area contributed by atoms with Crippen LogP contribution in [0.5, 0.6) is 0 Å². The van der Waals surface area contributed by atoms with E-state index in [-0.39, 0.29) is 5.91 Å². The van der Waals surface area contributed by atoms with Gasteiger partial charge in [-0.1, -0.05) is 28.1 Å². The predicted octanol–water partition coefficient (Wildman–Crippen LogP) is 3.16. The van der Waals surface area contributed by atoms with Crippen LogP contribution in [-0.4, -0.2) is 29.9 Å². The van der Waals surface area contributed by atoms with E-state index in [1.54, 1.807) is 37.3 Å². The van der Waals surface area contributed by atoms with E-state index in [4.69, 9.17) is 0 Å². The molecule has 0 aliphatic rings. The first-order valence-corrected chi connectivity index (χ1v) is 7.03. The molecule has 0 fully saturated rings. The molecule has 1 amide bonds. The summed E-state index contributed by atoms with van der Waals surface area (Å²) in [5.41, 5.74) is 1.66. The standard InChI is InChI=1S/C15H16BrN3O/c1-17-14-7-6-12(9-18-14)15(20)19(2)10-11-4-3-5-13(16)8-11/h3-9H,10H2,1-2H3,(H,17,18). The Morgan fingerprint density at radius 1 is 1.35 bits per heavy atom. The minimum Gasteiger partial charge on any atom is -0.373 e. The molecule has 0 saturated heterocycles. The van der Waals surface area contributed by atoms with Crippen molar-refractivity contribution in [1.82, 2.24) is 9.88 Å². The molecule has 1 heterocycles. The molecule has 0 aliphatic carbocycles. The van der Waals surface area contributed by atoms with E-state index in [0.29, 0.717) is 12.1 Å². The number of benzene rings is 1. The van der Waals surface area contributed by atoms with Crippen LogP contribution < -0.4 is 5.32 Å². The summed E-state index contributed by atoms with van der Waals surface area (Å²) in [7, 11) is 3.58. The second-order valence-corrected chi connectivity index (χ2v) is 5.39. The molecule has 1 aromatic carbocycles. The number of aromatic nitrogens is 1. The van der Waals surface area contributed by atoms with E-state index in [1.165, 1.54) is 0 Å². The molecule has 0 bridgehead atoms. The third-order valence-electron chi connectivity index (χ3n) is 2.92. The predicted molar refractivity (Wildman–Crippen MR) is 83.7 cm³/mol. The highest BCUT2D eigenvalue weighted by atomic mass is 79.9. The third-order valence-corrected chi connectivity index (χ3v) is 3.42. The summed E-state index contributed by atoms with van der Waals surface area (Å²) in [6.07, 6.45) is 1.59. The smallest absolute Gasteiger partial charge is 0.255 e. The molecule has 2 aromatic rings. The Morgan fingerprint density at radius 2 is 2.15 bits per heavy atom. The Bertz CT molecular complexity index is 598. The van der Waals surface area contributed by atoms with Crippen molar-refractivity contribution in [2.45, 2.75) is 6.54 Å². The largest absolute Gasteiger partial charge is 0.373 e. The quantitative estimate of drug-likeness (QED) is 0.934. The van der Waals surface area contributed by atoms with E-state index in [1.807, 2.05) is 24.3 Å². The second-order valence-electron chi connectivity index (χ2n) is 4.47. The lowest BCUT2D eigenvalue weighted by Gasteiger charge is -2.17. The topological polar surface area (TPSA) is 45.2 Å². The molecule has 0 saturated carbocycles. The van der Waals surface area contributed by atoms with Crippen molar-refractivity contribution < 1.29 is 4.79 Å². The van der Waals surface area contributed by atoms with Crippen molar-refractivity contribution in [3.63, 3.8) is 0 Å². The molecule has 0 unspecified atom stereocenters. The van der Waals surface area contributed by atoms with Crippen molar-refractivity contribution in [1.29, 1.82) is 0 Å². The van der Waals surface area contributed by atoms with Crippen LogP contribution in [0.1, 0.15) is 15.9 Å². The molecule has 2 rings (SSSR count). The SMILES string of the molecule is CNc1ccc(C(=O)N(C)Cc2cccc(Br)c2)cn1. The van der Waals surface area contributed by atoms with Gasteiger partial charge < -0.3 is 10.2 Å². The van der Waals surface area contributed by atoms with Crippen LogP contribution in [0.25, 0.3) is 0 Å². The van der Waals surface area contributed by atoms with Gasteiger partial charge in [-0.25, -0.2) is 4.98 Å². The molecule has 104 valence electrons. The van der Waals surface area contributed by atoms with Crippen molar-refractivity contribution in [2.75, 3.05) is 19.4 Å². The highest BCUT2D eigenvalue weighted by Crippen LogP contribution is 2.14. The van der Waals surface area contributed by atoms with Crippen molar-refractivity contribution >= 4 is 27.7 Å². The van der Waals surface area contributed by atoms with Gasteiger partial charge in [0.15, 0.2) is 0 Å². The van der Waals surface area contributed by atoms with Crippen LogP contribution in [0.15, 0.2) is 47.1 Å². The highest BCUT2D eigenvalue weighted by molar-refractivity contribution is 9.10. The van der Waals surface area contributed by atoms with E-state index in [0.717, 1.165) is 15.9 Å². The summed E-state index contributed by atoms with van der Waals surface area (Å²) in [5, 5.41) is 2.93. The Kier molecular flexibility index (Phi) is 4.74. The van der Waals surface area contributed by atoms with Gasteiger partial charge in [0.05, 0.1) is 5.56 Å². The summed E-state index contributed by atoms with van der Waals surface area (Å²) in [4.78, 5) is 18.1. The Labute approximate surface area is 127 Å². The first-order chi connectivity index (χ1) is 9.60. The van der Waals surface area contributed by atoms with Crippen molar-refractivity contribution in [2.24, 2.45) is 0 Å². The number of anilines is 1. The summed E-state index contributed by atoms with van der Waals surface area (Å²) in [6, 6.07) is 11.5. The maximum atomic E-state index is 12.3. The van der Waals surface area contributed by atoms with Gasteiger partial charge in [-0.05, 0) is 29.8 Å². The molecule has 5 heteroatoms. The average Bonchev–Trinajstić information content (AvgIpc) is 2.46. The molecule has 4 nitrogen and oxygen atoms in total. The molecule has 0 radical (unpaired) electrons. The highest BCUT2D eigenvalue weighted by Gasteiger charge is 2.12. The van der Waals surface area contributed by atoms with Crippen LogP contribution in [0, 0.1) is 0 Å². The lowest BCUT2D eigenvalue weighted by atomic mass is 10.2. The monoisotopic (exact) mass is 333 g/mol. The summed E-state index contributed by atoms with van der Waals surface area (Å²) >= 11 is 3.43. The van der Waals surface area contributed by atoms with Gasteiger partial charge in [-0.3, -0.25) is 4.79 Å². The van der Waals surface area contributed by atoms with E-state index >= 15 is 0 Å². The molecule has 20 heavy (non-hydrogen) atoms. The fraction of sp³-hybridized carbons (Fsp3) is 0.200. The normalized spacial score (nSPS) is 10.2. The lowest BCUT2D eigenvalue weighted by Crippen LogP contribution is -2.26. The molecule has 0 aliphatic heterocycles. The van der Waals surface area contributed by atoms with Crippen molar-refractivity contribution in [3.8, 4) is 0 Å². The first-order valence-electron chi connectivity index (χ1n) is 6.24. The van der Waals surface area contributed by atoms with Gasteiger partial charge in [0.2, 0.25) is 0 Å². The van der Waals surface area contributed by atoms with Crippen molar-refractivity contribution in [3.05, 3.63) is 58.2 Å². The minimum absolute atomic E-state index is 0.0415. The van der Waals surface area contributed by atoms with Crippen LogP contribution >= 0.6 is 15.9 Å². The van der Waals surface area contributed by atoms with E-state index in [9.17, 15) is 4.79 Å². The number of hydrogen-bond donors (Lipinski definition) is 1. The molecule has 1 aromatic heterocycles. The molecule has 0 spiro atoms. The van der Waals surface area contributed by atoms with Gasteiger partial charge in [0, 0.05) is 31.3 Å². The summed E-state index contributed by atoms with van der Waals surface area (Å²) in [6.45, 7) is 0.562. The Hall–Kier alpha value is -1.88. The van der Waals surface area contributed by atoms with Gasteiger partial charge in [-0.15, -0.1) is 0 Å². The maximum Gasteiger partial charge on any atom is 0.255 e. The van der Waals surface area contributed by atoms with Crippen LogP contribution in [0.4, 0.5) is 5.82 Å². The Morgan fingerprint density at radius 3 is 2.75 bits per heavy atom. The van der Waals surface area contributed by atoms with Gasteiger partial charge >= 0.3 is 0 Å². The zero-order valence-corrected chi connectivity index (χ0v) is 13.0. The zero-order chi connectivity index (χ0) is 14.5. The summed E-state index contributed by atoms with van der Waals surface area (Å²) in [5.74, 6) is 0.705. The van der Waals surface area contributed by atoms with E-state index in [2.05, 4.69) is 26.2 Å². The number of rotatable bonds is 4. The van der Waals surface area contributed by atoms with Gasteiger partial charge in [0.25, 0.3) is 5.91 Å². The number of carbonyl (C=O) groups is 1. The van der Waals surface area contributed by atoms with Crippen LogP contribution in [-0.2, 0) is 6.54 Å². The zero-order valence-electron chi connectivity index (χ0n) is 11.4. The molecule has 0 atom stereocenters. The fourth-order valence-electron chi connectivity index (χ4n) is 1.87. The Balaban J connectivity index is 2.07. The second kappa shape index (κ2) is 6.52. The molecular weight excluding hydrogens is 318 g/mol. The van der Waals surface area contributed by atoms with E-state index < -0.39 is 0 Å². The van der Waals surface area contributed by atoms with Crippen LogP contribution in [0.3, 0.4) is 0 Å². The van der Waals surface area contributed by atoms with Gasteiger partial charge in [0.1, 0.15) is 5.82 Å². The number of halogens is 1. The maximum absolute atomic E-state index is 12.3. The van der Waals surface area contributed by atoms with Crippen LogP contribution in [0.2, 0.25) is 0 Å². The number of amides is 1. The number of nitrogens with zero attached hydrogens (tertiary/aromatic N) is 2. The summed E-state index contributed by atoms with van der Waals surface area (Å²) < 4.78 is 1.01. The minimum atomic E-state index is -0.0415. The van der Waals surface area contributed by atoms with Gasteiger partial charge in [-0.2, -0.15) is 0 Å². The molecular formula is C15H16BrN3O. The molecule has 1 N–H and O–H groups in total. The average molecular weight is 334 g/mol. The fourth-order valence-corrected chi connectivity index (χ4v) is 2.32. The number of hydrogen-bond acceptors (Lipinski definition) is 3. The third kappa shape index (κ3) is 3.57. The number of nitrogens with one attached hydrogen (secondary N) is 1. The first kappa shape index (κ1) is 14.5. The number of pyridine rings is 1.